The molecule has 0 aliphatic heterocycles. The van der Waals surface area contributed by atoms with E-state index in [4.69, 9.17) is 16.9 Å². The van der Waals surface area contributed by atoms with Crippen LogP contribution in [0.2, 0.25) is 5.15 Å². The summed E-state index contributed by atoms with van der Waals surface area (Å²) in [6, 6.07) is 5.33. The predicted molar refractivity (Wildman–Crippen MR) is 72.9 cm³/mol. The summed E-state index contributed by atoms with van der Waals surface area (Å²) >= 11 is 7.49. The Hall–Kier alpha value is -1.64. The largest absolute Gasteiger partial charge is 0.354 e. The summed E-state index contributed by atoms with van der Waals surface area (Å²) in [7, 11) is 1.90. The molecule has 0 unspecified atom stereocenters. The lowest BCUT2D eigenvalue weighted by molar-refractivity contribution is 0.870. The highest BCUT2D eigenvalue weighted by molar-refractivity contribution is 7.09. The second-order valence-corrected chi connectivity index (χ2v) is 5.31. The predicted octanol–water partition coefficient (Wildman–Crippen LogP) is 3.01. The van der Waals surface area contributed by atoms with Crippen molar-refractivity contribution >= 4 is 28.8 Å². The average molecular weight is 279 g/mol. The number of nitriles is 1. The molecule has 0 aliphatic carbocycles. The molecule has 0 aliphatic rings. The van der Waals surface area contributed by atoms with Crippen LogP contribution < -0.4 is 4.90 Å². The van der Waals surface area contributed by atoms with E-state index in [0.717, 1.165) is 10.7 Å². The van der Waals surface area contributed by atoms with Gasteiger partial charge in [0.15, 0.2) is 0 Å². The van der Waals surface area contributed by atoms with Crippen molar-refractivity contribution < 1.29 is 0 Å². The van der Waals surface area contributed by atoms with Crippen molar-refractivity contribution in [2.24, 2.45) is 0 Å². The van der Waals surface area contributed by atoms with E-state index in [-0.39, 0.29) is 0 Å². The molecule has 2 aromatic rings. The van der Waals surface area contributed by atoms with Crippen LogP contribution in [0.15, 0.2) is 17.5 Å². The molecule has 0 radical (unpaired) electrons. The van der Waals surface area contributed by atoms with Crippen LogP contribution in [0.4, 0.5) is 5.82 Å². The zero-order valence-corrected chi connectivity index (χ0v) is 11.6. The molecule has 0 N–H and O–H groups in total. The van der Waals surface area contributed by atoms with E-state index in [1.54, 1.807) is 23.5 Å². The lowest BCUT2D eigenvalue weighted by atomic mass is 10.3. The Morgan fingerprint density at radius 3 is 2.83 bits per heavy atom. The number of anilines is 1. The van der Waals surface area contributed by atoms with Gasteiger partial charge in [0.1, 0.15) is 11.0 Å². The van der Waals surface area contributed by atoms with Gasteiger partial charge in [-0.25, -0.2) is 9.97 Å². The highest BCUT2D eigenvalue weighted by Crippen LogP contribution is 2.19. The summed E-state index contributed by atoms with van der Waals surface area (Å²) < 4.78 is 0. The van der Waals surface area contributed by atoms with Crippen LogP contribution in [-0.4, -0.2) is 17.0 Å². The number of pyridine rings is 1. The van der Waals surface area contributed by atoms with Crippen molar-refractivity contribution in [2.75, 3.05) is 11.9 Å². The van der Waals surface area contributed by atoms with Crippen LogP contribution in [0.5, 0.6) is 0 Å². The highest BCUT2D eigenvalue weighted by Gasteiger charge is 2.08. The van der Waals surface area contributed by atoms with Gasteiger partial charge < -0.3 is 4.90 Å². The summed E-state index contributed by atoms with van der Waals surface area (Å²) in [5.41, 5.74) is 1.49. The molecule has 0 amide bonds. The summed E-state index contributed by atoms with van der Waals surface area (Å²) in [6.07, 6.45) is 0. The molecule has 0 atom stereocenters. The number of hydrogen-bond acceptors (Lipinski definition) is 5. The minimum Gasteiger partial charge on any atom is -0.354 e. The van der Waals surface area contributed by atoms with Crippen molar-refractivity contribution in [3.05, 3.63) is 38.9 Å². The van der Waals surface area contributed by atoms with Crippen LogP contribution in [0, 0.1) is 18.3 Å². The minimum absolute atomic E-state index is 0.324. The van der Waals surface area contributed by atoms with Crippen LogP contribution in [0.1, 0.15) is 16.3 Å². The van der Waals surface area contributed by atoms with E-state index < -0.39 is 0 Å². The zero-order valence-electron chi connectivity index (χ0n) is 10.0. The summed E-state index contributed by atoms with van der Waals surface area (Å²) in [5, 5.41) is 12.3. The molecule has 0 fully saturated rings. The van der Waals surface area contributed by atoms with Crippen molar-refractivity contribution in [1.29, 1.82) is 5.26 Å². The van der Waals surface area contributed by atoms with E-state index in [0.29, 0.717) is 23.1 Å². The van der Waals surface area contributed by atoms with E-state index in [2.05, 4.69) is 16.0 Å². The Bertz CT molecular complexity index is 602. The van der Waals surface area contributed by atoms with Gasteiger partial charge in [0.25, 0.3) is 0 Å². The molecule has 0 saturated heterocycles. The lowest BCUT2D eigenvalue weighted by Gasteiger charge is -2.17. The molecule has 92 valence electrons. The first-order chi connectivity index (χ1) is 8.58. The molecule has 6 heteroatoms. The Kier molecular flexibility index (Phi) is 3.80. The first-order valence-corrected chi connectivity index (χ1v) is 6.54. The third-order valence-electron chi connectivity index (χ3n) is 2.37. The van der Waals surface area contributed by atoms with E-state index in [9.17, 15) is 0 Å². The van der Waals surface area contributed by atoms with E-state index in [1.165, 1.54) is 0 Å². The molecule has 2 heterocycles. The zero-order chi connectivity index (χ0) is 13.1. The second-order valence-electron chi connectivity index (χ2n) is 3.86. The van der Waals surface area contributed by atoms with Gasteiger partial charge in [-0.1, -0.05) is 11.6 Å². The molecule has 2 aromatic heterocycles. The van der Waals surface area contributed by atoms with Crippen molar-refractivity contribution in [3.8, 4) is 6.07 Å². The monoisotopic (exact) mass is 278 g/mol. The molecular formula is C12H11ClN4S. The molecule has 0 spiro atoms. The molecule has 18 heavy (non-hydrogen) atoms. The first-order valence-electron chi connectivity index (χ1n) is 5.28. The van der Waals surface area contributed by atoms with Crippen LogP contribution >= 0.6 is 22.9 Å². The molecule has 0 saturated carbocycles. The van der Waals surface area contributed by atoms with Gasteiger partial charge in [-0.05, 0) is 19.1 Å². The normalized spacial score (nSPS) is 10.1. The Morgan fingerprint density at radius 2 is 2.22 bits per heavy atom. The Labute approximate surface area is 114 Å². The molecule has 0 aromatic carbocycles. The summed E-state index contributed by atoms with van der Waals surface area (Å²) in [6.45, 7) is 2.61. The van der Waals surface area contributed by atoms with E-state index in [1.807, 2.05) is 24.3 Å². The average Bonchev–Trinajstić information content (AvgIpc) is 2.73. The summed E-state index contributed by atoms with van der Waals surface area (Å²) in [5.74, 6) is 0.671. The number of hydrogen-bond donors (Lipinski definition) is 0. The third-order valence-corrected chi connectivity index (χ3v) is 3.38. The van der Waals surface area contributed by atoms with Gasteiger partial charge in [-0.2, -0.15) is 5.26 Å². The maximum atomic E-state index is 8.90. The fourth-order valence-corrected chi connectivity index (χ4v) is 2.36. The maximum absolute atomic E-state index is 8.90. The topological polar surface area (TPSA) is 52.8 Å². The third kappa shape index (κ3) is 2.97. The fourth-order valence-electron chi connectivity index (χ4n) is 1.55. The number of halogens is 1. The molecular weight excluding hydrogens is 268 g/mol. The number of thiazole rings is 1. The number of aromatic nitrogens is 2. The molecule has 2 rings (SSSR count). The maximum Gasteiger partial charge on any atom is 0.132 e. The smallest absolute Gasteiger partial charge is 0.132 e. The van der Waals surface area contributed by atoms with Crippen LogP contribution in [0.3, 0.4) is 0 Å². The first kappa shape index (κ1) is 12.8. The summed E-state index contributed by atoms with van der Waals surface area (Å²) in [4.78, 5) is 10.5. The van der Waals surface area contributed by atoms with Crippen molar-refractivity contribution in [1.82, 2.24) is 9.97 Å². The van der Waals surface area contributed by atoms with Crippen molar-refractivity contribution in [2.45, 2.75) is 13.5 Å². The number of aryl methyl sites for hydroxylation is 1. The standard InChI is InChI=1S/C12H11ClN4S/c1-8-15-10(7-18-8)6-17(2)12-4-9(5-14)3-11(13)16-12/h3-4,7H,6H2,1-2H3. The Balaban J connectivity index is 2.21. The quantitative estimate of drug-likeness (QED) is 0.810. The van der Waals surface area contributed by atoms with Gasteiger partial charge in [-0.15, -0.1) is 11.3 Å². The van der Waals surface area contributed by atoms with Crippen LogP contribution in [0.25, 0.3) is 0 Å². The minimum atomic E-state index is 0.324. The second kappa shape index (κ2) is 5.34. The number of rotatable bonds is 3. The lowest BCUT2D eigenvalue weighted by Crippen LogP contribution is -2.18. The SMILES string of the molecule is Cc1nc(CN(C)c2cc(C#N)cc(Cl)n2)cs1. The van der Waals surface area contributed by atoms with E-state index >= 15 is 0 Å². The van der Waals surface area contributed by atoms with Gasteiger partial charge in [0.2, 0.25) is 0 Å². The fraction of sp³-hybridized carbons (Fsp3) is 0.250. The molecule has 0 bridgehead atoms. The highest BCUT2D eigenvalue weighted by atomic mass is 35.5. The van der Waals surface area contributed by atoms with Gasteiger partial charge in [-0.3, -0.25) is 0 Å². The van der Waals surface area contributed by atoms with Crippen molar-refractivity contribution in [3.63, 3.8) is 0 Å². The van der Waals surface area contributed by atoms with Gasteiger partial charge in [0, 0.05) is 12.4 Å². The van der Waals surface area contributed by atoms with Gasteiger partial charge in [0.05, 0.1) is 28.9 Å². The molecule has 4 nitrogen and oxygen atoms in total. The number of nitrogens with zero attached hydrogens (tertiary/aromatic N) is 4. The van der Waals surface area contributed by atoms with Crippen LogP contribution in [-0.2, 0) is 6.54 Å². The Morgan fingerprint density at radius 1 is 1.44 bits per heavy atom. The van der Waals surface area contributed by atoms with Gasteiger partial charge >= 0.3 is 0 Å².